The van der Waals surface area contributed by atoms with Gasteiger partial charge in [0.05, 0.1) is 5.69 Å². The SMILES string of the molecule is CCCNS(=O)(=O)c1ccccc1NC1CCCC1C. The van der Waals surface area contributed by atoms with Crippen molar-refractivity contribution in [3.63, 3.8) is 0 Å². The van der Waals surface area contributed by atoms with Gasteiger partial charge >= 0.3 is 0 Å². The van der Waals surface area contributed by atoms with Gasteiger partial charge in [0.25, 0.3) is 0 Å². The van der Waals surface area contributed by atoms with Crippen LogP contribution in [0.3, 0.4) is 0 Å². The first kappa shape index (κ1) is 15.3. The van der Waals surface area contributed by atoms with E-state index in [1.807, 2.05) is 19.1 Å². The van der Waals surface area contributed by atoms with Crippen molar-refractivity contribution in [2.45, 2.75) is 50.5 Å². The standard InChI is InChI=1S/C15H24N2O2S/c1-3-11-16-20(18,19)15-10-5-4-8-14(15)17-13-9-6-7-12(13)2/h4-5,8,10,12-13,16-17H,3,6-7,9,11H2,1-2H3. The van der Waals surface area contributed by atoms with Crippen molar-refractivity contribution < 1.29 is 8.42 Å². The summed E-state index contributed by atoms with van der Waals surface area (Å²) in [7, 11) is -3.42. The normalized spacial score (nSPS) is 22.9. The van der Waals surface area contributed by atoms with Crippen LogP contribution in [0.25, 0.3) is 0 Å². The average molecular weight is 296 g/mol. The second-order valence-corrected chi connectivity index (χ2v) is 7.29. The Morgan fingerprint density at radius 3 is 2.65 bits per heavy atom. The minimum atomic E-state index is -3.42. The number of para-hydroxylation sites is 1. The van der Waals surface area contributed by atoms with Crippen molar-refractivity contribution >= 4 is 15.7 Å². The highest BCUT2D eigenvalue weighted by Gasteiger charge is 2.25. The molecule has 1 aliphatic rings. The Kier molecular flexibility index (Phi) is 5.05. The van der Waals surface area contributed by atoms with Gasteiger partial charge in [0.2, 0.25) is 10.0 Å². The Labute approximate surface area is 122 Å². The van der Waals surface area contributed by atoms with Gasteiger partial charge < -0.3 is 5.32 Å². The van der Waals surface area contributed by atoms with Crippen LogP contribution in [0.4, 0.5) is 5.69 Å². The topological polar surface area (TPSA) is 58.2 Å². The second kappa shape index (κ2) is 6.59. The Hall–Kier alpha value is -1.07. The van der Waals surface area contributed by atoms with Gasteiger partial charge in [0.1, 0.15) is 4.90 Å². The minimum Gasteiger partial charge on any atom is -0.381 e. The molecule has 1 aliphatic carbocycles. The fourth-order valence-electron chi connectivity index (χ4n) is 2.69. The molecule has 0 saturated heterocycles. The van der Waals surface area contributed by atoms with Crippen molar-refractivity contribution in [1.29, 1.82) is 0 Å². The van der Waals surface area contributed by atoms with Crippen molar-refractivity contribution in [1.82, 2.24) is 4.72 Å². The van der Waals surface area contributed by atoms with Crippen molar-refractivity contribution in [2.75, 3.05) is 11.9 Å². The van der Waals surface area contributed by atoms with E-state index in [0.29, 0.717) is 23.4 Å². The van der Waals surface area contributed by atoms with Crippen LogP contribution >= 0.6 is 0 Å². The number of benzene rings is 1. The third-order valence-electron chi connectivity index (χ3n) is 3.92. The quantitative estimate of drug-likeness (QED) is 0.848. The van der Waals surface area contributed by atoms with E-state index >= 15 is 0 Å². The Morgan fingerprint density at radius 2 is 2.00 bits per heavy atom. The maximum absolute atomic E-state index is 12.3. The lowest BCUT2D eigenvalue weighted by Gasteiger charge is -2.21. The van der Waals surface area contributed by atoms with Crippen LogP contribution in [0.1, 0.15) is 39.5 Å². The first-order valence-electron chi connectivity index (χ1n) is 7.40. The van der Waals surface area contributed by atoms with E-state index in [0.717, 1.165) is 18.5 Å². The Balaban J connectivity index is 2.21. The minimum absolute atomic E-state index is 0.354. The molecule has 0 amide bonds. The predicted molar refractivity (Wildman–Crippen MR) is 82.3 cm³/mol. The number of nitrogens with one attached hydrogen (secondary N) is 2. The third-order valence-corrected chi connectivity index (χ3v) is 5.44. The van der Waals surface area contributed by atoms with E-state index in [1.54, 1.807) is 12.1 Å². The van der Waals surface area contributed by atoms with Crippen LogP contribution in [0.2, 0.25) is 0 Å². The van der Waals surface area contributed by atoms with Crippen molar-refractivity contribution in [2.24, 2.45) is 5.92 Å². The molecule has 4 nitrogen and oxygen atoms in total. The van der Waals surface area contributed by atoms with Gasteiger partial charge in [-0.2, -0.15) is 0 Å². The number of rotatable bonds is 6. The zero-order valence-corrected chi connectivity index (χ0v) is 13.0. The Bertz CT molecular complexity index is 543. The van der Waals surface area contributed by atoms with Crippen LogP contribution in [0, 0.1) is 5.92 Å². The molecule has 5 heteroatoms. The number of sulfonamides is 1. The first-order chi connectivity index (χ1) is 9.54. The highest BCUT2D eigenvalue weighted by atomic mass is 32.2. The molecule has 1 aromatic carbocycles. The lowest BCUT2D eigenvalue weighted by molar-refractivity contribution is 0.554. The summed E-state index contributed by atoms with van der Waals surface area (Å²) in [5.41, 5.74) is 0.717. The van der Waals surface area contributed by atoms with Crippen molar-refractivity contribution in [3.05, 3.63) is 24.3 Å². The summed E-state index contributed by atoms with van der Waals surface area (Å²) < 4.78 is 27.3. The molecule has 0 aromatic heterocycles. The molecule has 1 fully saturated rings. The average Bonchev–Trinajstić information content (AvgIpc) is 2.83. The fourth-order valence-corrected chi connectivity index (χ4v) is 4.00. The molecule has 20 heavy (non-hydrogen) atoms. The zero-order valence-electron chi connectivity index (χ0n) is 12.2. The lowest BCUT2D eigenvalue weighted by atomic mass is 10.1. The second-order valence-electron chi connectivity index (χ2n) is 5.55. The molecule has 1 aromatic rings. The highest BCUT2D eigenvalue weighted by molar-refractivity contribution is 7.89. The van der Waals surface area contributed by atoms with Crippen LogP contribution in [0.15, 0.2) is 29.2 Å². The summed E-state index contributed by atoms with van der Waals surface area (Å²) in [4.78, 5) is 0.354. The van der Waals surface area contributed by atoms with Gasteiger partial charge in [-0.25, -0.2) is 13.1 Å². The molecule has 0 spiro atoms. The predicted octanol–water partition coefficient (Wildman–Crippen LogP) is 2.98. The fraction of sp³-hybridized carbons (Fsp3) is 0.600. The third kappa shape index (κ3) is 3.52. The summed E-state index contributed by atoms with van der Waals surface area (Å²) in [6, 6.07) is 7.54. The molecule has 0 radical (unpaired) electrons. The van der Waals surface area contributed by atoms with E-state index in [-0.39, 0.29) is 0 Å². The van der Waals surface area contributed by atoms with E-state index in [9.17, 15) is 8.42 Å². The molecule has 0 aliphatic heterocycles. The number of hydrogen-bond donors (Lipinski definition) is 2. The molecule has 2 unspecified atom stereocenters. The number of hydrogen-bond acceptors (Lipinski definition) is 3. The van der Waals surface area contributed by atoms with Gasteiger partial charge in [-0.1, -0.05) is 32.4 Å². The first-order valence-corrected chi connectivity index (χ1v) is 8.88. The van der Waals surface area contributed by atoms with E-state index in [4.69, 9.17) is 0 Å². The van der Waals surface area contributed by atoms with Crippen LogP contribution in [-0.4, -0.2) is 21.0 Å². The molecular weight excluding hydrogens is 272 g/mol. The van der Waals surface area contributed by atoms with Gasteiger partial charge in [-0.15, -0.1) is 0 Å². The Morgan fingerprint density at radius 1 is 1.25 bits per heavy atom. The van der Waals surface area contributed by atoms with Gasteiger partial charge in [0.15, 0.2) is 0 Å². The number of anilines is 1. The highest BCUT2D eigenvalue weighted by Crippen LogP contribution is 2.30. The van der Waals surface area contributed by atoms with E-state index < -0.39 is 10.0 Å². The lowest BCUT2D eigenvalue weighted by Crippen LogP contribution is -2.27. The summed E-state index contributed by atoms with van der Waals surface area (Å²) in [6.07, 6.45) is 4.31. The molecule has 2 atom stereocenters. The summed E-state index contributed by atoms with van der Waals surface area (Å²) >= 11 is 0. The molecule has 2 N–H and O–H groups in total. The molecule has 0 heterocycles. The molecule has 112 valence electrons. The molecule has 0 bridgehead atoms. The van der Waals surface area contributed by atoms with Gasteiger partial charge in [-0.3, -0.25) is 0 Å². The maximum atomic E-state index is 12.3. The largest absolute Gasteiger partial charge is 0.381 e. The molecule has 2 rings (SSSR count). The monoisotopic (exact) mass is 296 g/mol. The molecular formula is C15H24N2O2S. The van der Waals surface area contributed by atoms with Gasteiger partial charge in [0, 0.05) is 12.6 Å². The molecule has 1 saturated carbocycles. The summed E-state index contributed by atoms with van der Waals surface area (Å²) in [5.74, 6) is 0.592. The maximum Gasteiger partial charge on any atom is 0.242 e. The van der Waals surface area contributed by atoms with E-state index in [1.165, 1.54) is 12.8 Å². The van der Waals surface area contributed by atoms with Crippen LogP contribution < -0.4 is 10.0 Å². The smallest absolute Gasteiger partial charge is 0.242 e. The van der Waals surface area contributed by atoms with Crippen molar-refractivity contribution in [3.8, 4) is 0 Å². The van der Waals surface area contributed by atoms with Crippen LogP contribution in [0.5, 0.6) is 0 Å². The zero-order chi connectivity index (χ0) is 14.6. The summed E-state index contributed by atoms with van der Waals surface area (Å²) in [6.45, 7) is 4.64. The van der Waals surface area contributed by atoms with E-state index in [2.05, 4.69) is 17.0 Å². The van der Waals surface area contributed by atoms with Gasteiger partial charge in [-0.05, 0) is 37.3 Å². The van der Waals surface area contributed by atoms with Crippen LogP contribution in [-0.2, 0) is 10.0 Å². The summed E-state index contributed by atoms with van der Waals surface area (Å²) in [5, 5.41) is 3.42.